The number of aryl methyl sites for hydroxylation is 2. The molecule has 0 saturated heterocycles. The van der Waals surface area contributed by atoms with Gasteiger partial charge < -0.3 is 18.8 Å². The second kappa shape index (κ2) is 8.51. The van der Waals surface area contributed by atoms with Gasteiger partial charge in [0.05, 0.1) is 12.7 Å². The van der Waals surface area contributed by atoms with Crippen molar-refractivity contribution in [2.75, 3.05) is 7.11 Å². The lowest BCUT2D eigenvalue weighted by molar-refractivity contribution is 0.101. The lowest BCUT2D eigenvalue weighted by Gasteiger charge is -2.11. The van der Waals surface area contributed by atoms with Crippen LogP contribution >= 0.6 is 0 Å². The van der Waals surface area contributed by atoms with Crippen LogP contribution in [0.15, 0.2) is 72.6 Å². The fraction of sp³-hybridized carbons (Fsp3) is 0.179. The Balaban J connectivity index is 1.44. The summed E-state index contributed by atoms with van der Waals surface area (Å²) in [5.74, 6) is 2.17. The Morgan fingerprint density at radius 3 is 2.67 bits per heavy atom. The molecule has 0 unspecified atom stereocenters. The summed E-state index contributed by atoms with van der Waals surface area (Å²) in [5.41, 5.74) is 4.46. The molecule has 33 heavy (non-hydrogen) atoms. The number of fused-ring (bicyclic) bond motifs is 2. The summed E-state index contributed by atoms with van der Waals surface area (Å²) < 4.78 is 19.6. The van der Waals surface area contributed by atoms with E-state index in [0.717, 1.165) is 39.9 Å². The van der Waals surface area contributed by atoms with Gasteiger partial charge in [0.2, 0.25) is 5.78 Å². The maximum atomic E-state index is 13.2. The van der Waals surface area contributed by atoms with Crippen molar-refractivity contribution in [1.82, 2.24) is 4.57 Å². The average Bonchev–Trinajstić information content (AvgIpc) is 3.35. The molecule has 5 nitrogen and oxygen atoms in total. The average molecular weight is 440 g/mol. The van der Waals surface area contributed by atoms with Gasteiger partial charge in [-0.15, -0.1) is 0 Å². The third-order valence-corrected chi connectivity index (χ3v) is 5.98. The number of carbonyl (C=O) groups excluding carboxylic acids is 1. The highest BCUT2D eigenvalue weighted by molar-refractivity contribution is 6.16. The number of methoxy groups -OCH3 is 1. The molecule has 1 aliphatic rings. The molecule has 0 bridgehead atoms. The van der Waals surface area contributed by atoms with Crippen LogP contribution in [0.5, 0.6) is 17.2 Å². The highest BCUT2D eigenvalue weighted by atomic mass is 16.5. The predicted octanol–water partition coefficient (Wildman–Crippen LogP) is 6.17. The number of benzene rings is 3. The Morgan fingerprint density at radius 1 is 1.06 bits per heavy atom. The first kappa shape index (κ1) is 20.9. The first-order valence-electron chi connectivity index (χ1n) is 11.0. The molecule has 0 fully saturated rings. The zero-order chi connectivity index (χ0) is 22.9. The van der Waals surface area contributed by atoms with E-state index in [1.165, 1.54) is 0 Å². The van der Waals surface area contributed by atoms with Crippen LogP contribution in [-0.4, -0.2) is 17.5 Å². The number of hydrogen-bond acceptors (Lipinski definition) is 4. The van der Waals surface area contributed by atoms with Crippen molar-refractivity contribution in [3.63, 3.8) is 0 Å². The predicted molar refractivity (Wildman–Crippen MR) is 129 cm³/mol. The number of ketones is 1. The lowest BCUT2D eigenvalue weighted by Crippen LogP contribution is -2.00. The zero-order valence-corrected chi connectivity index (χ0v) is 18.9. The van der Waals surface area contributed by atoms with Gasteiger partial charge in [-0.2, -0.15) is 0 Å². The fourth-order valence-electron chi connectivity index (χ4n) is 4.34. The summed E-state index contributed by atoms with van der Waals surface area (Å²) in [6.07, 6.45) is 3.90. The van der Waals surface area contributed by atoms with Crippen molar-refractivity contribution in [2.24, 2.45) is 0 Å². The van der Waals surface area contributed by atoms with Gasteiger partial charge in [0.1, 0.15) is 23.9 Å². The van der Waals surface area contributed by atoms with Gasteiger partial charge in [0.25, 0.3) is 0 Å². The van der Waals surface area contributed by atoms with E-state index in [9.17, 15) is 4.79 Å². The van der Waals surface area contributed by atoms with Crippen molar-refractivity contribution in [3.8, 4) is 17.2 Å². The monoisotopic (exact) mass is 439 g/mol. The minimum atomic E-state index is -0.105. The van der Waals surface area contributed by atoms with Gasteiger partial charge in [-0.25, -0.2) is 0 Å². The molecule has 5 heteroatoms. The van der Waals surface area contributed by atoms with E-state index < -0.39 is 0 Å². The van der Waals surface area contributed by atoms with E-state index in [1.807, 2.05) is 55.5 Å². The van der Waals surface area contributed by atoms with Gasteiger partial charge >= 0.3 is 0 Å². The van der Waals surface area contributed by atoms with Crippen LogP contribution in [0, 0.1) is 6.92 Å². The standard InChI is InChI=1S/C28H25NO4/c1-4-29-16-20(22-10-6-7-11-23(22)29)14-26-28(30)27-18(2)13-21(15-25(27)33-26)32-17-19-9-5-8-12-24(19)31-3/h5-16H,4,17H2,1-3H3/b26-14-. The molecule has 5 rings (SSSR count). The van der Waals surface area contributed by atoms with Crippen LogP contribution < -0.4 is 14.2 Å². The summed E-state index contributed by atoms with van der Waals surface area (Å²) >= 11 is 0. The largest absolute Gasteiger partial charge is 0.496 e. The molecule has 0 atom stereocenters. The molecule has 0 radical (unpaired) electrons. The van der Waals surface area contributed by atoms with Crippen LogP contribution in [-0.2, 0) is 13.2 Å². The number of rotatable bonds is 6. The molecule has 0 aliphatic carbocycles. The van der Waals surface area contributed by atoms with E-state index in [4.69, 9.17) is 14.2 Å². The van der Waals surface area contributed by atoms with Crippen molar-refractivity contribution >= 4 is 22.8 Å². The van der Waals surface area contributed by atoms with Crippen molar-refractivity contribution in [1.29, 1.82) is 0 Å². The summed E-state index contributed by atoms with van der Waals surface area (Å²) in [5, 5.41) is 1.09. The maximum absolute atomic E-state index is 13.2. The van der Waals surface area contributed by atoms with E-state index in [1.54, 1.807) is 13.2 Å². The van der Waals surface area contributed by atoms with Crippen molar-refractivity contribution in [2.45, 2.75) is 27.0 Å². The molecule has 3 aromatic carbocycles. The van der Waals surface area contributed by atoms with Crippen molar-refractivity contribution in [3.05, 3.63) is 94.9 Å². The first-order chi connectivity index (χ1) is 16.1. The van der Waals surface area contributed by atoms with Gasteiger partial charge in [0, 0.05) is 40.8 Å². The third-order valence-electron chi connectivity index (χ3n) is 5.98. The summed E-state index contributed by atoms with van der Waals surface area (Å²) in [4.78, 5) is 13.2. The van der Waals surface area contributed by atoms with Crippen LogP contribution in [0.2, 0.25) is 0 Å². The minimum absolute atomic E-state index is 0.105. The smallest absolute Gasteiger partial charge is 0.232 e. The van der Waals surface area contributed by atoms with Gasteiger partial charge in [-0.3, -0.25) is 4.79 Å². The molecular formula is C28H25NO4. The topological polar surface area (TPSA) is 49.7 Å². The van der Waals surface area contributed by atoms with Crippen LogP contribution in [0.1, 0.15) is 34.0 Å². The Kier molecular flexibility index (Phi) is 5.38. The van der Waals surface area contributed by atoms with Crippen LogP contribution in [0.4, 0.5) is 0 Å². The van der Waals surface area contributed by atoms with Gasteiger partial charge in [-0.05, 0) is 43.7 Å². The van der Waals surface area contributed by atoms with Crippen LogP contribution in [0.25, 0.3) is 17.0 Å². The van der Waals surface area contributed by atoms with Crippen molar-refractivity contribution < 1.29 is 19.0 Å². The Labute approximate surface area is 192 Å². The first-order valence-corrected chi connectivity index (χ1v) is 11.0. The molecule has 0 saturated carbocycles. The van der Waals surface area contributed by atoms with Gasteiger partial charge in [0.15, 0.2) is 5.76 Å². The lowest BCUT2D eigenvalue weighted by atomic mass is 10.0. The number of carbonyl (C=O) groups is 1. The summed E-state index contributed by atoms with van der Waals surface area (Å²) in [6, 6.07) is 19.6. The summed E-state index contributed by atoms with van der Waals surface area (Å²) in [6.45, 7) is 5.22. The van der Waals surface area contributed by atoms with Gasteiger partial charge in [-0.1, -0.05) is 36.4 Å². The molecule has 1 aliphatic heterocycles. The third kappa shape index (κ3) is 3.76. The number of ether oxygens (including phenoxy) is 3. The molecule has 0 amide bonds. The highest BCUT2D eigenvalue weighted by Gasteiger charge is 2.30. The number of aromatic nitrogens is 1. The van der Waals surface area contributed by atoms with E-state index in [2.05, 4.69) is 29.8 Å². The van der Waals surface area contributed by atoms with E-state index >= 15 is 0 Å². The van der Waals surface area contributed by atoms with Crippen LogP contribution in [0.3, 0.4) is 0 Å². The maximum Gasteiger partial charge on any atom is 0.232 e. The molecular weight excluding hydrogens is 414 g/mol. The Bertz CT molecular complexity index is 1400. The second-order valence-corrected chi connectivity index (χ2v) is 8.04. The molecule has 4 aromatic rings. The molecule has 1 aromatic heterocycles. The normalized spacial score (nSPS) is 13.9. The molecule has 0 spiro atoms. The Morgan fingerprint density at radius 2 is 1.85 bits per heavy atom. The summed E-state index contributed by atoms with van der Waals surface area (Å²) in [7, 11) is 1.64. The quantitative estimate of drug-likeness (QED) is 0.337. The number of allylic oxidation sites excluding steroid dienone is 1. The van der Waals surface area contributed by atoms with E-state index in [0.29, 0.717) is 29.4 Å². The second-order valence-electron chi connectivity index (χ2n) is 8.04. The number of para-hydroxylation sites is 2. The fourth-order valence-corrected chi connectivity index (χ4v) is 4.34. The van der Waals surface area contributed by atoms with E-state index in [-0.39, 0.29) is 5.78 Å². The molecule has 166 valence electrons. The highest BCUT2D eigenvalue weighted by Crippen LogP contribution is 2.38. The molecule has 2 heterocycles. The Hall–Kier alpha value is -3.99. The number of hydrogen-bond donors (Lipinski definition) is 0. The molecule has 0 N–H and O–H groups in total. The zero-order valence-electron chi connectivity index (χ0n) is 18.9. The number of nitrogens with zero attached hydrogens (tertiary/aromatic N) is 1. The SMILES string of the molecule is CCn1cc(/C=C2\Oc3cc(OCc4ccccc4OC)cc(C)c3C2=O)c2ccccc21. The minimum Gasteiger partial charge on any atom is -0.496 e. The number of Topliss-reactive ketones (excluding diaryl/α,β-unsaturated/α-hetero) is 1.